The third-order valence-electron chi connectivity index (χ3n) is 2.98. The standard InChI is InChI=1S/C10H21NO/c1-3-8-11-9(2)10(12)6-4-5-7-10/h9,11-12H,3-8H2,1-2H3. The SMILES string of the molecule is CCCNC(C)C1(O)CCCC1. The molecule has 0 aliphatic heterocycles. The highest BCUT2D eigenvalue weighted by molar-refractivity contribution is 4.92. The molecule has 0 spiro atoms. The van der Waals surface area contributed by atoms with E-state index in [1.807, 2.05) is 0 Å². The van der Waals surface area contributed by atoms with Crippen LogP contribution in [0.25, 0.3) is 0 Å². The van der Waals surface area contributed by atoms with Gasteiger partial charge in [0.1, 0.15) is 0 Å². The summed E-state index contributed by atoms with van der Waals surface area (Å²) in [6.45, 7) is 5.27. The fourth-order valence-electron chi connectivity index (χ4n) is 1.97. The fraction of sp³-hybridized carbons (Fsp3) is 1.00. The Hall–Kier alpha value is -0.0800. The maximum Gasteiger partial charge on any atom is 0.0797 e. The third kappa shape index (κ3) is 2.20. The van der Waals surface area contributed by atoms with E-state index in [1.54, 1.807) is 0 Å². The van der Waals surface area contributed by atoms with E-state index in [9.17, 15) is 5.11 Å². The lowest BCUT2D eigenvalue weighted by atomic mass is 9.94. The van der Waals surface area contributed by atoms with E-state index >= 15 is 0 Å². The fourth-order valence-corrected chi connectivity index (χ4v) is 1.97. The van der Waals surface area contributed by atoms with Crippen LogP contribution in [0, 0.1) is 0 Å². The molecule has 12 heavy (non-hydrogen) atoms. The lowest BCUT2D eigenvalue weighted by Crippen LogP contribution is -2.47. The van der Waals surface area contributed by atoms with Crippen molar-refractivity contribution in [3.63, 3.8) is 0 Å². The van der Waals surface area contributed by atoms with Crippen molar-refractivity contribution in [2.24, 2.45) is 0 Å². The van der Waals surface area contributed by atoms with Crippen molar-refractivity contribution in [3.8, 4) is 0 Å². The van der Waals surface area contributed by atoms with Crippen LogP contribution in [0.1, 0.15) is 46.0 Å². The molecule has 1 aliphatic carbocycles. The van der Waals surface area contributed by atoms with E-state index in [0.29, 0.717) is 0 Å². The molecule has 2 nitrogen and oxygen atoms in total. The van der Waals surface area contributed by atoms with Crippen molar-refractivity contribution < 1.29 is 5.11 Å². The van der Waals surface area contributed by atoms with E-state index in [4.69, 9.17) is 0 Å². The Bertz CT molecular complexity index is 130. The largest absolute Gasteiger partial charge is 0.388 e. The second kappa shape index (κ2) is 4.24. The van der Waals surface area contributed by atoms with Gasteiger partial charge in [0.15, 0.2) is 0 Å². The van der Waals surface area contributed by atoms with E-state index in [0.717, 1.165) is 25.8 Å². The maximum atomic E-state index is 10.1. The Morgan fingerprint density at radius 2 is 2.00 bits per heavy atom. The third-order valence-corrected chi connectivity index (χ3v) is 2.98. The van der Waals surface area contributed by atoms with Crippen molar-refractivity contribution in [3.05, 3.63) is 0 Å². The van der Waals surface area contributed by atoms with Gasteiger partial charge in [-0.3, -0.25) is 0 Å². The quantitative estimate of drug-likeness (QED) is 0.674. The topological polar surface area (TPSA) is 32.3 Å². The molecular weight excluding hydrogens is 150 g/mol. The normalized spacial score (nSPS) is 24.2. The average molecular weight is 171 g/mol. The molecular formula is C10H21NO. The van der Waals surface area contributed by atoms with E-state index in [1.165, 1.54) is 12.8 Å². The zero-order valence-corrected chi connectivity index (χ0v) is 8.27. The van der Waals surface area contributed by atoms with E-state index in [2.05, 4.69) is 19.2 Å². The van der Waals surface area contributed by atoms with Crippen LogP contribution in [0.4, 0.5) is 0 Å². The van der Waals surface area contributed by atoms with Crippen LogP contribution in [0.5, 0.6) is 0 Å². The van der Waals surface area contributed by atoms with E-state index < -0.39 is 5.60 Å². The predicted molar refractivity (Wildman–Crippen MR) is 51.2 cm³/mol. The first-order valence-corrected chi connectivity index (χ1v) is 5.15. The molecule has 2 N–H and O–H groups in total. The van der Waals surface area contributed by atoms with Crippen molar-refractivity contribution in [1.29, 1.82) is 0 Å². The molecule has 0 amide bonds. The van der Waals surface area contributed by atoms with Crippen LogP contribution < -0.4 is 5.32 Å². The zero-order valence-electron chi connectivity index (χ0n) is 8.27. The predicted octanol–water partition coefficient (Wildman–Crippen LogP) is 1.68. The lowest BCUT2D eigenvalue weighted by Gasteiger charge is -2.30. The smallest absolute Gasteiger partial charge is 0.0797 e. The first-order chi connectivity index (χ1) is 5.69. The molecule has 1 unspecified atom stereocenters. The monoisotopic (exact) mass is 171 g/mol. The molecule has 1 atom stereocenters. The number of nitrogens with one attached hydrogen (secondary N) is 1. The van der Waals surface area contributed by atoms with Crippen LogP contribution in [0.15, 0.2) is 0 Å². The summed E-state index contributed by atoms with van der Waals surface area (Å²) in [4.78, 5) is 0. The van der Waals surface area contributed by atoms with Gasteiger partial charge in [-0.05, 0) is 32.7 Å². The zero-order chi connectivity index (χ0) is 9.03. The highest BCUT2D eigenvalue weighted by atomic mass is 16.3. The maximum absolute atomic E-state index is 10.1. The van der Waals surface area contributed by atoms with Gasteiger partial charge < -0.3 is 10.4 Å². The summed E-state index contributed by atoms with van der Waals surface area (Å²) in [5.41, 5.74) is -0.408. The molecule has 1 aliphatic rings. The van der Waals surface area contributed by atoms with Crippen molar-refractivity contribution in [2.45, 2.75) is 57.6 Å². The van der Waals surface area contributed by atoms with Crippen LogP contribution in [-0.2, 0) is 0 Å². The number of aliphatic hydroxyl groups is 1. The van der Waals surface area contributed by atoms with Crippen LogP contribution >= 0.6 is 0 Å². The summed E-state index contributed by atoms with van der Waals surface area (Å²) >= 11 is 0. The Kier molecular flexibility index (Phi) is 3.53. The second-order valence-electron chi connectivity index (χ2n) is 3.99. The molecule has 0 bridgehead atoms. The molecule has 0 radical (unpaired) electrons. The van der Waals surface area contributed by atoms with E-state index in [-0.39, 0.29) is 6.04 Å². The van der Waals surface area contributed by atoms with Gasteiger partial charge in [-0.1, -0.05) is 19.8 Å². The van der Waals surface area contributed by atoms with Crippen molar-refractivity contribution in [1.82, 2.24) is 5.32 Å². The van der Waals surface area contributed by atoms with Gasteiger partial charge >= 0.3 is 0 Å². The molecule has 0 saturated heterocycles. The highest BCUT2D eigenvalue weighted by Crippen LogP contribution is 2.32. The van der Waals surface area contributed by atoms with Crippen LogP contribution in [-0.4, -0.2) is 23.3 Å². The molecule has 0 heterocycles. The molecule has 0 aromatic carbocycles. The Morgan fingerprint density at radius 1 is 1.42 bits per heavy atom. The van der Waals surface area contributed by atoms with Gasteiger partial charge in [0.2, 0.25) is 0 Å². The number of hydrogen-bond acceptors (Lipinski definition) is 2. The van der Waals surface area contributed by atoms with Gasteiger partial charge in [-0.25, -0.2) is 0 Å². The summed E-state index contributed by atoms with van der Waals surface area (Å²) in [5.74, 6) is 0. The molecule has 0 aromatic rings. The molecule has 2 heteroatoms. The van der Waals surface area contributed by atoms with Crippen LogP contribution in [0.2, 0.25) is 0 Å². The summed E-state index contributed by atoms with van der Waals surface area (Å²) in [6, 6.07) is 0.264. The van der Waals surface area contributed by atoms with Gasteiger partial charge in [0.25, 0.3) is 0 Å². The Labute approximate surface area is 75.4 Å². The Morgan fingerprint density at radius 3 is 2.50 bits per heavy atom. The van der Waals surface area contributed by atoms with Gasteiger partial charge in [0, 0.05) is 6.04 Å². The van der Waals surface area contributed by atoms with Crippen LogP contribution in [0.3, 0.4) is 0 Å². The molecule has 1 rings (SSSR count). The minimum atomic E-state index is -0.408. The Balaban J connectivity index is 2.33. The lowest BCUT2D eigenvalue weighted by molar-refractivity contribution is 0.0142. The first kappa shape index (κ1) is 10.0. The first-order valence-electron chi connectivity index (χ1n) is 5.15. The van der Waals surface area contributed by atoms with Gasteiger partial charge in [-0.15, -0.1) is 0 Å². The van der Waals surface area contributed by atoms with Crippen molar-refractivity contribution >= 4 is 0 Å². The average Bonchev–Trinajstić information content (AvgIpc) is 2.49. The molecule has 0 aromatic heterocycles. The minimum absolute atomic E-state index is 0.264. The van der Waals surface area contributed by atoms with Crippen molar-refractivity contribution in [2.75, 3.05) is 6.54 Å². The van der Waals surface area contributed by atoms with Gasteiger partial charge in [-0.2, -0.15) is 0 Å². The second-order valence-corrected chi connectivity index (χ2v) is 3.99. The summed E-state index contributed by atoms with van der Waals surface area (Å²) in [6.07, 6.45) is 5.47. The summed E-state index contributed by atoms with van der Waals surface area (Å²) in [5, 5.41) is 13.5. The summed E-state index contributed by atoms with van der Waals surface area (Å²) < 4.78 is 0. The minimum Gasteiger partial charge on any atom is -0.388 e. The highest BCUT2D eigenvalue weighted by Gasteiger charge is 2.36. The molecule has 72 valence electrons. The number of hydrogen-bond donors (Lipinski definition) is 2. The molecule has 1 saturated carbocycles. The molecule has 1 fully saturated rings. The van der Waals surface area contributed by atoms with Gasteiger partial charge in [0.05, 0.1) is 5.60 Å². The number of rotatable bonds is 4. The summed E-state index contributed by atoms with van der Waals surface area (Å²) in [7, 11) is 0.